The molecule has 0 aromatic heterocycles. The predicted molar refractivity (Wildman–Crippen MR) is 178 cm³/mol. The molecule has 2 aliphatic rings. The SMILES string of the molecule is C[C@H](NC[C@@H](O)[C@H](Cc1ccccc1)NC(=O)c1cc(Nc2ccccc2)cc(N2CCCC2=O)c1)C(=O)NC1CCCCC1. The van der Waals surface area contributed by atoms with Crippen LogP contribution in [-0.4, -0.2) is 60.1 Å². The number of hydrogen-bond donors (Lipinski definition) is 5. The summed E-state index contributed by atoms with van der Waals surface area (Å²) in [6.45, 7) is 2.52. The first-order valence-corrected chi connectivity index (χ1v) is 16.2. The Morgan fingerprint density at radius 3 is 2.31 bits per heavy atom. The summed E-state index contributed by atoms with van der Waals surface area (Å²) >= 11 is 0. The van der Waals surface area contributed by atoms with Crippen LogP contribution in [0, 0.1) is 0 Å². The van der Waals surface area contributed by atoms with Gasteiger partial charge in [-0.2, -0.15) is 0 Å². The molecule has 2 fully saturated rings. The maximum absolute atomic E-state index is 13.8. The fourth-order valence-corrected chi connectivity index (χ4v) is 6.09. The number of amides is 3. The molecule has 45 heavy (non-hydrogen) atoms. The van der Waals surface area contributed by atoms with Crippen LogP contribution in [0.4, 0.5) is 17.1 Å². The number of anilines is 3. The number of nitrogens with one attached hydrogen (secondary N) is 4. The van der Waals surface area contributed by atoms with Crippen LogP contribution in [0.1, 0.15) is 67.8 Å². The van der Waals surface area contributed by atoms with E-state index in [9.17, 15) is 19.5 Å². The highest BCUT2D eigenvalue weighted by Gasteiger charge is 2.27. The molecule has 0 bridgehead atoms. The normalized spacial score (nSPS) is 17.4. The zero-order valence-corrected chi connectivity index (χ0v) is 26.0. The average molecular weight is 612 g/mol. The van der Waals surface area contributed by atoms with Gasteiger partial charge in [-0.1, -0.05) is 67.8 Å². The second kappa shape index (κ2) is 15.7. The maximum atomic E-state index is 13.8. The molecule has 1 aliphatic heterocycles. The van der Waals surface area contributed by atoms with Crippen LogP contribution in [0.3, 0.4) is 0 Å². The number of benzene rings is 3. The van der Waals surface area contributed by atoms with E-state index in [0.717, 1.165) is 43.4 Å². The quantitative estimate of drug-likeness (QED) is 0.191. The Labute approximate surface area is 265 Å². The van der Waals surface area contributed by atoms with E-state index >= 15 is 0 Å². The smallest absolute Gasteiger partial charge is 0.251 e. The highest BCUT2D eigenvalue weighted by Crippen LogP contribution is 2.28. The van der Waals surface area contributed by atoms with Crippen molar-refractivity contribution in [1.82, 2.24) is 16.0 Å². The highest BCUT2D eigenvalue weighted by molar-refractivity contribution is 6.00. The van der Waals surface area contributed by atoms with E-state index in [0.29, 0.717) is 36.3 Å². The number of carbonyl (C=O) groups excluding carboxylic acids is 3. The maximum Gasteiger partial charge on any atom is 0.251 e. The van der Waals surface area contributed by atoms with Gasteiger partial charge in [-0.05, 0) is 68.5 Å². The third-order valence-electron chi connectivity index (χ3n) is 8.68. The number of aliphatic hydroxyl groups excluding tert-OH is 1. The first kappa shape index (κ1) is 32.2. The second-order valence-corrected chi connectivity index (χ2v) is 12.2. The van der Waals surface area contributed by atoms with E-state index in [2.05, 4.69) is 21.3 Å². The summed E-state index contributed by atoms with van der Waals surface area (Å²) in [5.74, 6) is -0.407. The first-order valence-electron chi connectivity index (χ1n) is 16.2. The van der Waals surface area contributed by atoms with Gasteiger partial charge in [0, 0.05) is 48.2 Å². The lowest BCUT2D eigenvalue weighted by Crippen LogP contribution is -2.53. The Hall–Kier alpha value is -4.21. The molecule has 5 N–H and O–H groups in total. The number of carbonyl (C=O) groups is 3. The van der Waals surface area contributed by atoms with Crippen molar-refractivity contribution in [1.29, 1.82) is 0 Å². The topological polar surface area (TPSA) is 123 Å². The van der Waals surface area contributed by atoms with E-state index in [4.69, 9.17) is 0 Å². The van der Waals surface area contributed by atoms with Crippen molar-refractivity contribution in [3.63, 3.8) is 0 Å². The summed E-state index contributed by atoms with van der Waals surface area (Å²) in [5, 5.41) is 24.1. The molecule has 3 atom stereocenters. The highest BCUT2D eigenvalue weighted by atomic mass is 16.3. The Kier molecular flexibility index (Phi) is 11.2. The van der Waals surface area contributed by atoms with Crippen molar-refractivity contribution in [3.8, 4) is 0 Å². The molecule has 3 aromatic carbocycles. The van der Waals surface area contributed by atoms with Crippen molar-refractivity contribution in [2.75, 3.05) is 23.3 Å². The molecule has 1 saturated heterocycles. The summed E-state index contributed by atoms with van der Waals surface area (Å²) in [7, 11) is 0. The molecule has 9 nitrogen and oxygen atoms in total. The summed E-state index contributed by atoms with van der Waals surface area (Å²) in [6, 6.07) is 23.8. The van der Waals surface area contributed by atoms with Gasteiger partial charge in [0.15, 0.2) is 0 Å². The van der Waals surface area contributed by atoms with Crippen molar-refractivity contribution < 1.29 is 19.5 Å². The Morgan fingerprint density at radius 2 is 1.62 bits per heavy atom. The summed E-state index contributed by atoms with van der Waals surface area (Å²) in [4.78, 5) is 41.0. The number of rotatable bonds is 13. The molecular weight excluding hydrogens is 566 g/mol. The summed E-state index contributed by atoms with van der Waals surface area (Å²) in [5.41, 5.74) is 3.54. The molecule has 5 rings (SSSR count). The Balaban J connectivity index is 1.31. The molecule has 238 valence electrons. The number of para-hydroxylation sites is 1. The first-order chi connectivity index (χ1) is 21.9. The van der Waals surface area contributed by atoms with Gasteiger partial charge in [-0.25, -0.2) is 0 Å². The molecule has 0 spiro atoms. The van der Waals surface area contributed by atoms with E-state index in [1.807, 2.05) is 66.7 Å². The lowest BCUT2D eigenvalue weighted by molar-refractivity contribution is -0.123. The Bertz CT molecular complexity index is 1430. The number of nitrogens with zero attached hydrogens (tertiary/aromatic N) is 1. The molecule has 9 heteroatoms. The van der Waals surface area contributed by atoms with Crippen molar-refractivity contribution in [2.45, 2.75) is 82.5 Å². The zero-order valence-electron chi connectivity index (χ0n) is 26.0. The van der Waals surface area contributed by atoms with Crippen LogP contribution in [0.2, 0.25) is 0 Å². The standard InChI is InChI=1S/C36H45N5O4/c1-25(35(44)39-29-16-9-4-10-17-29)37-24-33(42)32(20-26-12-5-2-6-13-26)40-36(45)27-21-30(38-28-14-7-3-8-15-28)23-31(22-27)41-19-11-18-34(41)43/h2-3,5-8,12-15,21-23,25,29,32-33,37-38,42H,4,9-11,16-20,24H2,1H3,(H,39,44)(H,40,45)/t25-,32-,33+/m0/s1. The van der Waals surface area contributed by atoms with Crippen LogP contribution in [0.15, 0.2) is 78.9 Å². The van der Waals surface area contributed by atoms with Gasteiger partial charge in [0.2, 0.25) is 11.8 Å². The number of aliphatic hydroxyl groups is 1. The monoisotopic (exact) mass is 611 g/mol. The lowest BCUT2D eigenvalue weighted by atomic mass is 9.95. The van der Waals surface area contributed by atoms with Gasteiger partial charge in [0.05, 0.1) is 18.2 Å². The molecule has 1 saturated carbocycles. The zero-order chi connectivity index (χ0) is 31.6. The van der Waals surface area contributed by atoms with Crippen LogP contribution in [0.5, 0.6) is 0 Å². The largest absolute Gasteiger partial charge is 0.390 e. The Morgan fingerprint density at radius 1 is 0.911 bits per heavy atom. The van der Waals surface area contributed by atoms with Gasteiger partial charge in [0.25, 0.3) is 5.91 Å². The van der Waals surface area contributed by atoms with Crippen molar-refractivity contribution in [2.24, 2.45) is 0 Å². The minimum absolute atomic E-state index is 0.0308. The molecule has 1 heterocycles. The molecule has 1 aliphatic carbocycles. The van der Waals surface area contributed by atoms with Crippen molar-refractivity contribution in [3.05, 3.63) is 90.0 Å². The molecule has 3 aromatic rings. The second-order valence-electron chi connectivity index (χ2n) is 12.2. The van der Waals surface area contributed by atoms with Crippen LogP contribution in [-0.2, 0) is 16.0 Å². The molecule has 0 unspecified atom stereocenters. The molecule has 0 radical (unpaired) electrons. The van der Waals surface area contributed by atoms with Crippen LogP contribution < -0.4 is 26.2 Å². The van der Waals surface area contributed by atoms with Crippen molar-refractivity contribution >= 4 is 34.8 Å². The molecule has 3 amide bonds. The fourth-order valence-electron chi connectivity index (χ4n) is 6.09. The lowest BCUT2D eigenvalue weighted by Gasteiger charge is -2.28. The predicted octanol–water partition coefficient (Wildman–Crippen LogP) is 4.69. The third-order valence-corrected chi connectivity index (χ3v) is 8.68. The van der Waals surface area contributed by atoms with E-state index < -0.39 is 18.2 Å². The molecular formula is C36H45N5O4. The average Bonchev–Trinajstić information content (AvgIpc) is 3.50. The third kappa shape index (κ3) is 9.15. The van der Waals surface area contributed by atoms with Crippen LogP contribution >= 0.6 is 0 Å². The summed E-state index contributed by atoms with van der Waals surface area (Å²) in [6.07, 6.45) is 6.16. The summed E-state index contributed by atoms with van der Waals surface area (Å²) < 4.78 is 0. The minimum Gasteiger partial charge on any atom is -0.390 e. The van der Waals surface area contributed by atoms with E-state index in [1.165, 1.54) is 6.42 Å². The van der Waals surface area contributed by atoms with Gasteiger partial charge >= 0.3 is 0 Å². The van der Waals surface area contributed by atoms with E-state index in [-0.39, 0.29) is 30.3 Å². The van der Waals surface area contributed by atoms with Crippen LogP contribution in [0.25, 0.3) is 0 Å². The number of hydrogen-bond acceptors (Lipinski definition) is 6. The van der Waals surface area contributed by atoms with Gasteiger partial charge < -0.3 is 31.3 Å². The van der Waals surface area contributed by atoms with Gasteiger partial charge in [0.1, 0.15) is 0 Å². The minimum atomic E-state index is -0.968. The fraction of sp³-hybridized carbons (Fsp3) is 0.417. The van der Waals surface area contributed by atoms with E-state index in [1.54, 1.807) is 24.0 Å². The van der Waals surface area contributed by atoms with Gasteiger partial charge in [-0.3, -0.25) is 14.4 Å². The van der Waals surface area contributed by atoms with Gasteiger partial charge in [-0.15, -0.1) is 0 Å².